The molecule has 0 spiro atoms. The zero-order valence-electron chi connectivity index (χ0n) is 17.4. The summed E-state index contributed by atoms with van der Waals surface area (Å²) in [4.78, 5) is 37.6. The van der Waals surface area contributed by atoms with Crippen LogP contribution in [0.1, 0.15) is 28.5 Å². The molecule has 0 radical (unpaired) electrons. The second kappa shape index (κ2) is 8.74. The molecule has 0 aliphatic carbocycles. The minimum Gasteiger partial charge on any atom is -0.449 e. The van der Waals surface area contributed by atoms with E-state index in [-0.39, 0.29) is 11.3 Å². The van der Waals surface area contributed by atoms with Crippen LogP contribution >= 0.6 is 0 Å². The number of alkyl halides is 3. The molecule has 3 rings (SSSR count). The summed E-state index contributed by atoms with van der Waals surface area (Å²) in [5, 5.41) is 2.48. The van der Waals surface area contributed by atoms with Gasteiger partial charge in [0.15, 0.2) is 6.10 Å². The van der Waals surface area contributed by atoms with Crippen LogP contribution in [0.2, 0.25) is 0 Å². The highest BCUT2D eigenvalue weighted by Crippen LogP contribution is 2.29. The van der Waals surface area contributed by atoms with Gasteiger partial charge in [0.1, 0.15) is 5.69 Å². The third-order valence-corrected chi connectivity index (χ3v) is 4.90. The highest BCUT2D eigenvalue weighted by molar-refractivity contribution is 5.97. The van der Waals surface area contributed by atoms with Crippen LogP contribution in [0.5, 0.6) is 0 Å². The topological polar surface area (TPSA) is 82.3 Å². The van der Waals surface area contributed by atoms with E-state index in [1.54, 1.807) is 49.0 Å². The number of ether oxygens (including phenoxy) is 1. The lowest BCUT2D eigenvalue weighted by Gasteiger charge is -2.13. The van der Waals surface area contributed by atoms with Crippen LogP contribution in [-0.2, 0) is 22.8 Å². The number of benzene rings is 2. The fourth-order valence-electron chi connectivity index (χ4n) is 3.01. The fourth-order valence-corrected chi connectivity index (χ4v) is 3.01. The summed E-state index contributed by atoms with van der Waals surface area (Å²) in [6.45, 7) is 2.95. The molecule has 0 aliphatic rings. The van der Waals surface area contributed by atoms with Gasteiger partial charge < -0.3 is 10.1 Å². The smallest absolute Gasteiger partial charge is 0.416 e. The molecule has 1 heterocycles. The Hall–Kier alpha value is -3.82. The Kier molecular flexibility index (Phi) is 6.24. The van der Waals surface area contributed by atoms with Gasteiger partial charge >= 0.3 is 12.1 Å². The number of amides is 1. The molecule has 32 heavy (non-hydrogen) atoms. The molecule has 1 unspecified atom stereocenters. The summed E-state index contributed by atoms with van der Waals surface area (Å²) < 4.78 is 46.0. The summed E-state index contributed by atoms with van der Waals surface area (Å²) >= 11 is 0. The van der Waals surface area contributed by atoms with Crippen molar-refractivity contribution in [1.29, 1.82) is 0 Å². The van der Waals surface area contributed by atoms with Crippen molar-refractivity contribution in [2.24, 2.45) is 7.05 Å². The Morgan fingerprint density at radius 1 is 1.03 bits per heavy atom. The van der Waals surface area contributed by atoms with E-state index in [0.717, 1.165) is 24.3 Å². The van der Waals surface area contributed by atoms with E-state index in [9.17, 15) is 27.6 Å². The minimum absolute atomic E-state index is 0.0267. The van der Waals surface area contributed by atoms with Crippen LogP contribution < -0.4 is 10.9 Å². The Morgan fingerprint density at radius 2 is 1.62 bits per heavy atom. The molecule has 3 aromatic rings. The van der Waals surface area contributed by atoms with E-state index in [1.165, 1.54) is 11.6 Å². The molecule has 10 heteroatoms. The van der Waals surface area contributed by atoms with E-state index in [1.807, 2.05) is 0 Å². The first-order valence-corrected chi connectivity index (χ1v) is 9.54. The molecule has 0 fully saturated rings. The van der Waals surface area contributed by atoms with Crippen molar-refractivity contribution >= 4 is 17.6 Å². The molecule has 0 aliphatic heterocycles. The van der Waals surface area contributed by atoms with Crippen LogP contribution in [0.25, 0.3) is 5.69 Å². The first-order valence-electron chi connectivity index (χ1n) is 9.54. The van der Waals surface area contributed by atoms with Gasteiger partial charge in [-0.05, 0) is 50.2 Å². The van der Waals surface area contributed by atoms with Gasteiger partial charge in [-0.2, -0.15) is 13.2 Å². The Morgan fingerprint density at radius 3 is 2.19 bits per heavy atom. The summed E-state index contributed by atoms with van der Waals surface area (Å²) in [5.41, 5.74) is -0.405. The zero-order chi connectivity index (χ0) is 23.6. The number of hydrogen-bond acceptors (Lipinski definition) is 4. The molecule has 1 N–H and O–H groups in total. The van der Waals surface area contributed by atoms with E-state index in [4.69, 9.17) is 4.74 Å². The number of halogens is 3. The number of nitrogens with one attached hydrogen (secondary N) is 1. The molecule has 2 aromatic carbocycles. The highest BCUT2D eigenvalue weighted by atomic mass is 19.4. The summed E-state index contributed by atoms with van der Waals surface area (Å²) in [7, 11) is 1.66. The van der Waals surface area contributed by atoms with E-state index in [0.29, 0.717) is 11.4 Å². The lowest BCUT2D eigenvalue weighted by molar-refractivity contribution is -0.137. The van der Waals surface area contributed by atoms with Crippen molar-refractivity contribution in [3.8, 4) is 5.69 Å². The number of carbonyl (C=O) groups is 2. The highest BCUT2D eigenvalue weighted by Gasteiger charge is 2.30. The molecule has 168 valence electrons. The van der Waals surface area contributed by atoms with Crippen molar-refractivity contribution < 1.29 is 27.5 Å². The summed E-state index contributed by atoms with van der Waals surface area (Å²) in [5.74, 6) is -1.72. The minimum atomic E-state index is -4.53. The molecular formula is C22H20F3N3O4. The van der Waals surface area contributed by atoms with E-state index in [2.05, 4.69) is 5.32 Å². The van der Waals surface area contributed by atoms with Gasteiger partial charge in [0.25, 0.3) is 11.5 Å². The average Bonchev–Trinajstić information content (AvgIpc) is 2.96. The Balaban J connectivity index is 1.74. The monoisotopic (exact) mass is 447 g/mol. The maximum Gasteiger partial charge on any atom is 0.416 e. The second-order valence-corrected chi connectivity index (χ2v) is 7.05. The number of aromatic nitrogens is 2. The Bertz CT molecular complexity index is 1200. The van der Waals surface area contributed by atoms with Crippen LogP contribution in [0.4, 0.5) is 18.9 Å². The number of hydrogen-bond donors (Lipinski definition) is 1. The van der Waals surface area contributed by atoms with Gasteiger partial charge in [-0.25, -0.2) is 9.48 Å². The van der Waals surface area contributed by atoms with Gasteiger partial charge in [0.2, 0.25) is 0 Å². The van der Waals surface area contributed by atoms with Gasteiger partial charge in [-0.1, -0.05) is 18.2 Å². The number of para-hydroxylation sites is 1. The SMILES string of the molecule is Cc1c(NC(=O)C(C)OC(=O)c2ccc(C(F)(F)F)cc2)c(=O)n(-c2ccccc2)n1C. The first kappa shape index (κ1) is 22.9. The number of rotatable bonds is 5. The average molecular weight is 447 g/mol. The fraction of sp³-hybridized carbons (Fsp3) is 0.227. The number of nitrogens with zero attached hydrogens (tertiary/aromatic N) is 2. The van der Waals surface area contributed by atoms with E-state index >= 15 is 0 Å². The summed E-state index contributed by atoms with van der Waals surface area (Å²) in [6.07, 6.45) is -5.83. The summed E-state index contributed by atoms with van der Waals surface area (Å²) in [6, 6.07) is 12.3. The molecule has 7 nitrogen and oxygen atoms in total. The number of carbonyl (C=O) groups excluding carboxylic acids is 2. The van der Waals surface area contributed by atoms with Crippen molar-refractivity contribution in [3.63, 3.8) is 0 Å². The van der Waals surface area contributed by atoms with Crippen LogP contribution in [0, 0.1) is 6.92 Å². The zero-order valence-corrected chi connectivity index (χ0v) is 17.4. The quantitative estimate of drug-likeness (QED) is 0.605. The molecule has 1 atom stereocenters. The molecule has 0 bridgehead atoms. The lowest BCUT2D eigenvalue weighted by Crippen LogP contribution is -2.32. The van der Waals surface area contributed by atoms with Crippen molar-refractivity contribution in [2.45, 2.75) is 26.1 Å². The van der Waals surface area contributed by atoms with Crippen LogP contribution in [-0.4, -0.2) is 27.3 Å². The standard InChI is InChI=1S/C22H20F3N3O4/c1-13-18(20(30)28(27(13)3)17-7-5-4-6-8-17)26-19(29)14(2)32-21(31)15-9-11-16(12-10-15)22(23,24)25/h4-12,14H,1-3H3,(H,26,29). The van der Waals surface area contributed by atoms with Gasteiger partial charge in [0, 0.05) is 7.05 Å². The van der Waals surface area contributed by atoms with Crippen LogP contribution in [0.3, 0.4) is 0 Å². The van der Waals surface area contributed by atoms with Crippen molar-refractivity contribution in [2.75, 3.05) is 5.32 Å². The predicted molar refractivity (Wildman–Crippen MR) is 111 cm³/mol. The van der Waals surface area contributed by atoms with Crippen molar-refractivity contribution in [1.82, 2.24) is 9.36 Å². The third kappa shape index (κ3) is 4.58. The number of anilines is 1. The lowest BCUT2D eigenvalue weighted by atomic mass is 10.1. The maximum absolute atomic E-state index is 12.9. The molecule has 0 saturated heterocycles. The van der Waals surface area contributed by atoms with Crippen LogP contribution in [0.15, 0.2) is 59.4 Å². The van der Waals surface area contributed by atoms with Gasteiger partial charge in [0.05, 0.1) is 22.5 Å². The van der Waals surface area contributed by atoms with Gasteiger partial charge in [-0.3, -0.25) is 14.3 Å². The normalized spacial score (nSPS) is 12.3. The number of esters is 1. The molecule has 1 amide bonds. The Labute approximate surface area is 181 Å². The van der Waals surface area contributed by atoms with Crippen molar-refractivity contribution in [3.05, 3.63) is 81.8 Å². The van der Waals surface area contributed by atoms with Gasteiger partial charge in [-0.15, -0.1) is 0 Å². The largest absolute Gasteiger partial charge is 0.449 e. The maximum atomic E-state index is 12.9. The molecule has 0 saturated carbocycles. The molecule has 1 aromatic heterocycles. The second-order valence-electron chi connectivity index (χ2n) is 7.05. The first-order chi connectivity index (χ1) is 15.0. The van der Waals surface area contributed by atoms with E-state index < -0.39 is 35.3 Å². The molecular weight excluding hydrogens is 427 g/mol. The predicted octanol–water partition coefficient (Wildman–Crippen LogP) is 3.69. The third-order valence-electron chi connectivity index (χ3n) is 4.90.